The number of aryl methyl sites for hydroxylation is 1. The number of hydrogen-bond acceptors (Lipinski definition) is 8. The quantitative estimate of drug-likeness (QED) is 0.390. The molecule has 4 heterocycles. The van der Waals surface area contributed by atoms with E-state index >= 15 is 0 Å². The maximum absolute atomic E-state index is 12.9. The van der Waals surface area contributed by atoms with Crippen molar-refractivity contribution in [1.82, 2.24) is 19.9 Å². The molecule has 0 aliphatic carbocycles. The van der Waals surface area contributed by atoms with Crippen LogP contribution in [0.25, 0.3) is 21.7 Å². The lowest BCUT2D eigenvalue weighted by atomic mass is 10.1. The summed E-state index contributed by atoms with van der Waals surface area (Å²) in [5.74, 6) is 2.22. The van der Waals surface area contributed by atoms with Crippen LogP contribution in [0.4, 0.5) is 0 Å². The maximum atomic E-state index is 12.9. The molecule has 0 spiro atoms. The summed E-state index contributed by atoms with van der Waals surface area (Å²) < 4.78 is 16.2. The van der Waals surface area contributed by atoms with Crippen LogP contribution in [0.5, 0.6) is 5.75 Å². The summed E-state index contributed by atoms with van der Waals surface area (Å²) in [7, 11) is 1.63. The maximum Gasteiger partial charge on any atom is 0.227 e. The highest BCUT2D eigenvalue weighted by atomic mass is 32.1. The number of benzene rings is 1. The van der Waals surface area contributed by atoms with Crippen molar-refractivity contribution >= 4 is 28.2 Å². The highest BCUT2D eigenvalue weighted by molar-refractivity contribution is 7.13. The first-order valence-electron chi connectivity index (χ1n) is 11.1. The van der Waals surface area contributed by atoms with E-state index in [2.05, 4.69) is 15.0 Å². The molecule has 9 heteroatoms. The molecule has 172 valence electrons. The molecule has 3 aromatic heterocycles. The van der Waals surface area contributed by atoms with Crippen molar-refractivity contribution in [2.45, 2.75) is 19.3 Å². The van der Waals surface area contributed by atoms with Gasteiger partial charge >= 0.3 is 0 Å². The minimum Gasteiger partial charge on any atom is -0.497 e. The molecule has 1 aliphatic rings. The van der Waals surface area contributed by atoms with Gasteiger partial charge in [0.2, 0.25) is 17.6 Å². The number of amides is 1. The number of furan rings is 1. The highest BCUT2D eigenvalue weighted by Gasteiger charge is 2.22. The Morgan fingerprint density at radius 1 is 1.21 bits per heavy atom. The van der Waals surface area contributed by atoms with Crippen molar-refractivity contribution in [3.05, 3.63) is 53.4 Å². The van der Waals surface area contributed by atoms with Crippen LogP contribution in [0.3, 0.4) is 0 Å². The summed E-state index contributed by atoms with van der Waals surface area (Å²) in [6, 6.07) is 9.66. The largest absolute Gasteiger partial charge is 0.497 e. The zero-order valence-electron chi connectivity index (χ0n) is 18.5. The normalized spacial score (nSPS) is 14.8. The van der Waals surface area contributed by atoms with Crippen LogP contribution in [-0.2, 0) is 17.6 Å². The standard InChI is InChI=1S/C24H26N4O4S/c1-30-18-6-7-19-17(16-31-20(19)15-18)14-23(29)28-11-9-27(10-12-28)8-2-5-22-25-24(26-32-22)21-4-3-13-33-21/h3-4,6-7,13,15-16H,2,5,8-12,14H2,1H3. The Hall–Kier alpha value is -3.17. The molecule has 1 saturated heterocycles. The first-order valence-corrected chi connectivity index (χ1v) is 12.0. The van der Waals surface area contributed by atoms with Crippen molar-refractivity contribution in [2.75, 3.05) is 39.8 Å². The van der Waals surface area contributed by atoms with Gasteiger partial charge in [0.05, 0.1) is 24.7 Å². The number of nitrogens with zero attached hydrogens (tertiary/aromatic N) is 4. The van der Waals surface area contributed by atoms with E-state index in [0.717, 1.165) is 72.7 Å². The predicted molar refractivity (Wildman–Crippen MR) is 125 cm³/mol. The van der Waals surface area contributed by atoms with Crippen LogP contribution in [0.1, 0.15) is 17.9 Å². The van der Waals surface area contributed by atoms with Crippen LogP contribution >= 0.6 is 11.3 Å². The van der Waals surface area contributed by atoms with Gasteiger partial charge in [-0.05, 0) is 36.5 Å². The zero-order chi connectivity index (χ0) is 22.6. The lowest BCUT2D eigenvalue weighted by molar-refractivity contribution is -0.132. The first-order chi connectivity index (χ1) is 16.2. The van der Waals surface area contributed by atoms with Gasteiger partial charge in [0.1, 0.15) is 11.3 Å². The molecule has 0 N–H and O–H groups in total. The number of thiophene rings is 1. The van der Waals surface area contributed by atoms with E-state index in [1.807, 2.05) is 40.6 Å². The summed E-state index contributed by atoms with van der Waals surface area (Å²) in [6.45, 7) is 4.18. The number of fused-ring (bicyclic) bond motifs is 1. The Kier molecular flexibility index (Phi) is 6.41. The summed E-state index contributed by atoms with van der Waals surface area (Å²) in [6.07, 6.45) is 3.74. The smallest absolute Gasteiger partial charge is 0.227 e. The monoisotopic (exact) mass is 466 g/mol. The summed E-state index contributed by atoms with van der Waals surface area (Å²) in [5.41, 5.74) is 1.66. The average Bonchev–Trinajstić information content (AvgIpc) is 3.60. The molecular weight excluding hydrogens is 440 g/mol. The van der Waals surface area contributed by atoms with Gasteiger partial charge in [0.25, 0.3) is 0 Å². The molecule has 1 amide bonds. The third kappa shape index (κ3) is 4.94. The van der Waals surface area contributed by atoms with E-state index < -0.39 is 0 Å². The first kappa shape index (κ1) is 21.7. The fraction of sp³-hybridized carbons (Fsp3) is 0.375. The molecule has 0 unspecified atom stereocenters. The molecule has 0 atom stereocenters. The van der Waals surface area contributed by atoms with Crippen molar-refractivity contribution < 1.29 is 18.5 Å². The van der Waals surface area contributed by atoms with E-state index in [0.29, 0.717) is 18.1 Å². The van der Waals surface area contributed by atoms with Gasteiger partial charge in [0.15, 0.2) is 0 Å². The SMILES string of the molecule is COc1ccc2c(CC(=O)N3CCN(CCCc4nc(-c5cccs5)no4)CC3)coc2c1. The number of hydrogen-bond donors (Lipinski definition) is 0. The van der Waals surface area contributed by atoms with Gasteiger partial charge < -0.3 is 18.6 Å². The fourth-order valence-electron chi connectivity index (χ4n) is 4.14. The third-order valence-electron chi connectivity index (χ3n) is 6.00. The second-order valence-electron chi connectivity index (χ2n) is 8.11. The minimum absolute atomic E-state index is 0.139. The number of carbonyl (C=O) groups is 1. The van der Waals surface area contributed by atoms with Gasteiger partial charge in [-0.1, -0.05) is 11.2 Å². The Morgan fingerprint density at radius 2 is 2.09 bits per heavy atom. The lowest BCUT2D eigenvalue weighted by Gasteiger charge is -2.34. The summed E-state index contributed by atoms with van der Waals surface area (Å²) >= 11 is 1.61. The van der Waals surface area contributed by atoms with Gasteiger partial charge in [-0.2, -0.15) is 4.98 Å². The number of aromatic nitrogens is 2. The minimum atomic E-state index is 0.139. The van der Waals surface area contributed by atoms with E-state index in [-0.39, 0.29) is 5.91 Å². The van der Waals surface area contributed by atoms with E-state index in [9.17, 15) is 4.79 Å². The van der Waals surface area contributed by atoms with Gasteiger partial charge in [-0.3, -0.25) is 9.69 Å². The Morgan fingerprint density at radius 3 is 2.88 bits per heavy atom. The summed E-state index contributed by atoms with van der Waals surface area (Å²) in [4.78, 5) is 22.7. The number of piperazine rings is 1. The topological polar surface area (TPSA) is 84.8 Å². The number of ether oxygens (including phenoxy) is 1. The van der Waals surface area contributed by atoms with Gasteiger partial charge in [-0.15, -0.1) is 11.3 Å². The van der Waals surface area contributed by atoms with E-state index in [4.69, 9.17) is 13.7 Å². The second-order valence-corrected chi connectivity index (χ2v) is 9.06. The molecule has 8 nitrogen and oxygen atoms in total. The molecule has 0 bridgehead atoms. The van der Waals surface area contributed by atoms with Crippen LogP contribution in [0.2, 0.25) is 0 Å². The van der Waals surface area contributed by atoms with Crippen LogP contribution in [-0.4, -0.2) is 65.7 Å². The third-order valence-corrected chi connectivity index (χ3v) is 6.87. The van der Waals surface area contributed by atoms with E-state index in [1.54, 1.807) is 24.7 Å². The number of methoxy groups -OCH3 is 1. The van der Waals surface area contributed by atoms with Crippen LogP contribution < -0.4 is 4.74 Å². The zero-order valence-corrected chi connectivity index (χ0v) is 19.3. The van der Waals surface area contributed by atoms with Gasteiger partial charge in [-0.25, -0.2) is 0 Å². The molecule has 0 saturated carbocycles. The lowest BCUT2D eigenvalue weighted by Crippen LogP contribution is -2.49. The molecular formula is C24H26N4O4S. The fourth-order valence-corrected chi connectivity index (χ4v) is 4.79. The number of rotatable bonds is 8. The average molecular weight is 467 g/mol. The molecule has 1 aromatic carbocycles. The van der Waals surface area contributed by atoms with Crippen molar-refractivity contribution in [3.63, 3.8) is 0 Å². The molecule has 0 radical (unpaired) electrons. The van der Waals surface area contributed by atoms with E-state index in [1.165, 1.54) is 0 Å². The summed E-state index contributed by atoms with van der Waals surface area (Å²) in [5, 5.41) is 7.03. The molecule has 1 aliphatic heterocycles. The van der Waals surface area contributed by atoms with Crippen molar-refractivity contribution in [3.8, 4) is 16.5 Å². The molecule has 33 heavy (non-hydrogen) atoms. The van der Waals surface area contributed by atoms with Crippen LogP contribution in [0, 0.1) is 0 Å². The molecule has 1 fully saturated rings. The highest BCUT2D eigenvalue weighted by Crippen LogP contribution is 2.26. The molecule has 4 aromatic rings. The van der Waals surface area contributed by atoms with Crippen molar-refractivity contribution in [1.29, 1.82) is 0 Å². The Balaban J connectivity index is 1.07. The molecule has 5 rings (SSSR count). The predicted octanol–water partition coefficient (Wildman–Crippen LogP) is 3.87. The Bertz CT molecular complexity index is 1210. The van der Waals surface area contributed by atoms with Crippen molar-refractivity contribution in [2.24, 2.45) is 0 Å². The Labute approximate surface area is 195 Å². The number of carbonyl (C=O) groups excluding carboxylic acids is 1. The van der Waals surface area contributed by atoms with Gasteiger partial charge in [0, 0.05) is 49.6 Å². The van der Waals surface area contributed by atoms with Crippen LogP contribution in [0.15, 0.2) is 50.9 Å². The second kappa shape index (κ2) is 9.76.